The summed E-state index contributed by atoms with van der Waals surface area (Å²) in [5, 5.41) is 0. The highest BCUT2D eigenvalue weighted by molar-refractivity contribution is 7.89. The minimum Gasteiger partial charge on any atom is -0.494 e. The van der Waals surface area contributed by atoms with E-state index in [-0.39, 0.29) is 17.2 Å². The number of halogens is 1. The monoisotopic (exact) mass is 387 g/mol. The molecule has 0 saturated carbocycles. The average Bonchev–Trinajstić information content (AvgIpc) is 2.67. The zero-order chi connectivity index (χ0) is 19.3. The molecule has 0 aliphatic heterocycles. The molecular weight excluding hydrogens is 369 g/mol. The van der Waals surface area contributed by atoms with Gasteiger partial charge in [-0.25, -0.2) is 17.5 Å². The molecule has 0 spiro atoms. The van der Waals surface area contributed by atoms with Crippen molar-refractivity contribution in [3.63, 3.8) is 0 Å². The van der Waals surface area contributed by atoms with Gasteiger partial charge in [0.1, 0.15) is 11.5 Å². The van der Waals surface area contributed by atoms with E-state index in [0.29, 0.717) is 17.1 Å². The van der Waals surface area contributed by atoms with E-state index in [1.165, 1.54) is 19.2 Å². The van der Waals surface area contributed by atoms with E-state index < -0.39 is 15.8 Å². The summed E-state index contributed by atoms with van der Waals surface area (Å²) in [7, 11) is -2.55. The van der Waals surface area contributed by atoms with Crippen LogP contribution in [0.5, 0.6) is 17.2 Å². The first-order valence-corrected chi connectivity index (χ1v) is 9.61. The molecule has 1 N–H and O–H groups in total. The molecule has 3 aromatic rings. The van der Waals surface area contributed by atoms with Gasteiger partial charge in [0.25, 0.3) is 0 Å². The van der Waals surface area contributed by atoms with Gasteiger partial charge in [-0.1, -0.05) is 30.3 Å². The Bertz CT molecular complexity index is 1020. The maximum atomic E-state index is 13.8. The largest absolute Gasteiger partial charge is 0.494 e. The number of hydrogen-bond donors (Lipinski definition) is 1. The van der Waals surface area contributed by atoms with E-state index in [9.17, 15) is 12.8 Å². The Balaban J connectivity index is 1.70. The van der Waals surface area contributed by atoms with E-state index in [4.69, 9.17) is 9.47 Å². The number of benzene rings is 3. The van der Waals surface area contributed by atoms with Crippen LogP contribution >= 0.6 is 0 Å². The summed E-state index contributed by atoms with van der Waals surface area (Å²) >= 11 is 0. The number of hydrogen-bond acceptors (Lipinski definition) is 4. The fourth-order valence-corrected chi connectivity index (χ4v) is 3.45. The van der Waals surface area contributed by atoms with Crippen LogP contribution in [0, 0.1) is 5.82 Å². The maximum absolute atomic E-state index is 13.8. The third-order valence-electron chi connectivity index (χ3n) is 3.78. The van der Waals surface area contributed by atoms with Crippen LogP contribution in [0.2, 0.25) is 0 Å². The van der Waals surface area contributed by atoms with Crippen molar-refractivity contribution in [1.29, 1.82) is 0 Å². The lowest BCUT2D eigenvalue weighted by molar-refractivity contribution is 0.385. The van der Waals surface area contributed by atoms with Crippen molar-refractivity contribution in [1.82, 2.24) is 4.72 Å². The highest BCUT2D eigenvalue weighted by Crippen LogP contribution is 2.23. The van der Waals surface area contributed by atoms with E-state index in [1.54, 1.807) is 24.3 Å². The zero-order valence-electron chi connectivity index (χ0n) is 14.6. The molecule has 140 valence electrons. The van der Waals surface area contributed by atoms with Gasteiger partial charge in [-0.15, -0.1) is 0 Å². The molecule has 0 aliphatic carbocycles. The van der Waals surface area contributed by atoms with Gasteiger partial charge in [0, 0.05) is 6.54 Å². The smallest absolute Gasteiger partial charge is 0.240 e. The third kappa shape index (κ3) is 4.84. The molecule has 0 unspecified atom stereocenters. The van der Waals surface area contributed by atoms with Crippen molar-refractivity contribution in [3.05, 3.63) is 84.2 Å². The minimum absolute atomic E-state index is 0.0142. The van der Waals surface area contributed by atoms with Crippen molar-refractivity contribution in [3.8, 4) is 17.2 Å². The Labute approximate surface area is 157 Å². The summed E-state index contributed by atoms with van der Waals surface area (Å²) in [4.78, 5) is -0.169. The molecule has 0 fully saturated rings. The molecule has 3 rings (SSSR count). The molecular formula is C20H18FNO4S. The number of sulfonamides is 1. The molecule has 0 atom stereocenters. The van der Waals surface area contributed by atoms with Crippen LogP contribution in [0.25, 0.3) is 0 Å². The second-order valence-corrected chi connectivity index (χ2v) is 7.45. The van der Waals surface area contributed by atoms with Crippen molar-refractivity contribution < 1.29 is 22.3 Å². The molecule has 27 heavy (non-hydrogen) atoms. The van der Waals surface area contributed by atoms with Crippen LogP contribution < -0.4 is 14.2 Å². The lowest BCUT2D eigenvalue weighted by atomic mass is 10.2. The predicted molar refractivity (Wildman–Crippen MR) is 99.9 cm³/mol. The Morgan fingerprint density at radius 3 is 2.37 bits per heavy atom. The normalized spacial score (nSPS) is 11.2. The summed E-state index contributed by atoms with van der Waals surface area (Å²) in [5.41, 5.74) is 0.709. The molecule has 0 bridgehead atoms. The summed E-state index contributed by atoms with van der Waals surface area (Å²) < 4.78 is 51.5. The maximum Gasteiger partial charge on any atom is 0.240 e. The Morgan fingerprint density at radius 2 is 1.67 bits per heavy atom. The number of methoxy groups -OCH3 is 1. The lowest BCUT2D eigenvalue weighted by Gasteiger charge is -2.10. The Hall–Kier alpha value is -2.90. The highest BCUT2D eigenvalue weighted by atomic mass is 32.2. The fourth-order valence-electron chi connectivity index (χ4n) is 2.42. The van der Waals surface area contributed by atoms with Gasteiger partial charge < -0.3 is 9.47 Å². The lowest BCUT2D eigenvalue weighted by Crippen LogP contribution is -2.23. The van der Waals surface area contributed by atoms with Gasteiger partial charge in [0.2, 0.25) is 10.0 Å². The van der Waals surface area contributed by atoms with Gasteiger partial charge in [-0.3, -0.25) is 0 Å². The predicted octanol–water partition coefficient (Wildman–Crippen LogP) is 4.11. The van der Waals surface area contributed by atoms with E-state index >= 15 is 0 Å². The Kier molecular flexibility index (Phi) is 5.73. The Morgan fingerprint density at radius 1 is 0.926 bits per heavy atom. The molecule has 0 amide bonds. The van der Waals surface area contributed by atoms with Crippen LogP contribution in [0.15, 0.2) is 77.7 Å². The zero-order valence-corrected chi connectivity index (χ0v) is 15.4. The molecule has 0 saturated heterocycles. The summed E-state index contributed by atoms with van der Waals surface area (Å²) in [6.45, 7) is 0.0436. The van der Waals surface area contributed by atoms with Gasteiger partial charge in [-0.2, -0.15) is 0 Å². The van der Waals surface area contributed by atoms with Crippen molar-refractivity contribution >= 4 is 10.0 Å². The molecule has 0 heterocycles. The second kappa shape index (κ2) is 8.20. The van der Waals surface area contributed by atoms with Crippen LogP contribution in [0.4, 0.5) is 4.39 Å². The summed E-state index contributed by atoms with van der Waals surface area (Å²) in [6, 6.07) is 19.8. The topological polar surface area (TPSA) is 64.6 Å². The number of ether oxygens (including phenoxy) is 2. The molecule has 5 nitrogen and oxygen atoms in total. The average molecular weight is 387 g/mol. The standard InChI is InChI=1S/C20H18FNO4S/c1-25-20-11-10-18(13-19(20)21)27(23,24)22-14-15-6-5-9-17(12-15)26-16-7-3-2-4-8-16/h2-13,22H,14H2,1H3. The highest BCUT2D eigenvalue weighted by Gasteiger charge is 2.16. The molecule has 7 heteroatoms. The molecule has 0 aromatic heterocycles. The third-order valence-corrected chi connectivity index (χ3v) is 5.18. The van der Waals surface area contributed by atoms with E-state index in [2.05, 4.69) is 4.72 Å². The van der Waals surface area contributed by atoms with Gasteiger partial charge in [-0.05, 0) is 48.0 Å². The molecule has 0 aliphatic rings. The first-order valence-electron chi connectivity index (χ1n) is 8.13. The van der Waals surface area contributed by atoms with E-state index in [1.807, 2.05) is 30.3 Å². The summed E-state index contributed by atoms with van der Waals surface area (Å²) in [5.74, 6) is 0.524. The van der Waals surface area contributed by atoms with Crippen molar-refractivity contribution in [2.75, 3.05) is 7.11 Å². The van der Waals surface area contributed by atoms with Gasteiger partial charge in [0.15, 0.2) is 11.6 Å². The molecule has 0 radical (unpaired) electrons. The fraction of sp³-hybridized carbons (Fsp3) is 0.100. The number of nitrogens with one attached hydrogen (secondary N) is 1. The van der Waals surface area contributed by atoms with Crippen LogP contribution in [-0.4, -0.2) is 15.5 Å². The van der Waals surface area contributed by atoms with Crippen LogP contribution in [0.1, 0.15) is 5.56 Å². The number of rotatable bonds is 7. The first-order chi connectivity index (χ1) is 13.0. The van der Waals surface area contributed by atoms with Crippen molar-refractivity contribution in [2.24, 2.45) is 0 Å². The van der Waals surface area contributed by atoms with Gasteiger partial charge in [0.05, 0.1) is 12.0 Å². The van der Waals surface area contributed by atoms with Gasteiger partial charge >= 0.3 is 0 Å². The SMILES string of the molecule is COc1ccc(S(=O)(=O)NCc2cccc(Oc3ccccc3)c2)cc1F. The van der Waals surface area contributed by atoms with E-state index in [0.717, 1.165) is 6.07 Å². The first kappa shape index (κ1) is 18.9. The summed E-state index contributed by atoms with van der Waals surface area (Å²) in [6.07, 6.45) is 0. The van der Waals surface area contributed by atoms with Crippen molar-refractivity contribution in [2.45, 2.75) is 11.4 Å². The quantitative estimate of drug-likeness (QED) is 0.663. The second-order valence-electron chi connectivity index (χ2n) is 5.68. The molecule has 3 aromatic carbocycles. The number of para-hydroxylation sites is 1. The van der Waals surface area contributed by atoms with Crippen LogP contribution in [0.3, 0.4) is 0 Å². The van der Waals surface area contributed by atoms with Crippen LogP contribution in [-0.2, 0) is 16.6 Å². The minimum atomic E-state index is -3.86.